The lowest BCUT2D eigenvalue weighted by molar-refractivity contribution is -0.115. The maximum Gasteiger partial charge on any atom is 0.251 e. The highest BCUT2D eigenvalue weighted by Gasteiger charge is 2.20. The van der Waals surface area contributed by atoms with Crippen LogP contribution in [0.3, 0.4) is 0 Å². The van der Waals surface area contributed by atoms with Gasteiger partial charge in [-0.1, -0.05) is 6.07 Å². The van der Waals surface area contributed by atoms with Crippen molar-refractivity contribution in [1.29, 1.82) is 0 Å². The van der Waals surface area contributed by atoms with E-state index in [9.17, 15) is 9.59 Å². The quantitative estimate of drug-likeness (QED) is 0.877. The fourth-order valence-corrected chi connectivity index (χ4v) is 2.86. The van der Waals surface area contributed by atoms with Gasteiger partial charge in [0.2, 0.25) is 5.91 Å². The highest BCUT2D eigenvalue weighted by Crippen LogP contribution is 2.30. The maximum absolute atomic E-state index is 12.5. The number of carbonyl (C=O) groups is 2. The van der Waals surface area contributed by atoms with Crippen LogP contribution in [0.4, 0.5) is 5.69 Å². The second-order valence-corrected chi connectivity index (χ2v) is 5.91. The molecule has 1 atom stereocenters. The summed E-state index contributed by atoms with van der Waals surface area (Å²) in [4.78, 5) is 23.9. The van der Waals surface area contributed by atoms with E-state index in [1.807, 2.05) is 25.1 Å². The first kappa shape index (κ1) is 16.8. The predicted octanol–water partition coefficient (Wildman–Crippen LogP) is 2.69. The molecule has 0 aliphatic carbocycles. The van der Waals surface area contributed by atoms with Gasteiger partial charge in [-0.25, -0.2) is 0 Å². The molecule has 2 amide bonds. The standard InChI is InChI=1S/C19H20N2O4/c1-11(12-5-7-16(24-2)17(9-12)25-3)20-19(23)13-4-6-15-14(8-13)10-18(22)21-15/h4-9,11H,10H2,1-3H3,(H,20,23)(H,21,22). The first-order valence-electron chi connectivity index (χ1n) is 7.97. The highest BCUT2D eigenvalue weighted by molar-refractivity contribution is 6.01. The number of hydrogen-bond acceptors (Lipinski definition) is 4. The van der Waals surface area contributed by atoms with Crippen LogP contribution in [-0.2, 0) is 11.2 Å². The molecule has 25 heavy (non-hydrogen) atoms. The van der Waals surface area contributed by atoms with Crippen molar-refractivity contribution in [3.8, 4) is 11.5 Å². The van der Waals surface area contributed by atoms with Crippen LogP contribution in [0.2, 0.25) is 0 Å². The Morgan fingerprint density at radius 1 is 1.12 bits per heavy atom. The van der Waals surface area contributed by atoms with Crippen molar-refractivity contribution >= 4 is 17.5 Å². The largest absolute Gasteiger partial charge is 0.493 e. The fourth-order valence-electron chi connectivity index (χ4n) is 2.86. The molecule has 0 spiro atoms. The van der Waals surface area contributed by atoms with Crippen molar-refractivity contribution in [1.82, 2.24) is 5.32 Å². The summed E-state index contributed by atoms with van der Waals surface area (Å²) in [5.74, 6) is 1.01. The van der Waals surface area contributed by atoms with Crippen molar-refractivity contribution in [2.45, 2.75) is 19.4 Å². The summed E-state index contributed by atoms with van der Waals surface area (Å²) in [7, 11) is 3.15. The van der Waals surface area contributed by atoms with Gasteiger partial charge in [-0.2, -0.15) is 0 Å². The molecular weight excluding hydrogens is 320 g/mol. The minimum atomic E-state index is -0.208. The molecule has 2 aromatic rings. The molecule has 1 unspecified atom stereocenters. The molecule has 0 aromatic heterocycles. The first-order valence-corrected chi connectivity index (χ1v) is 7.97. The number of fused-ring (bicyclic) bond motifs is 1. The highest BCUT2D eigenvalue weighted by atomic mass is 16.5. The van der Waals surface area contributed by atoms with Crippen molar-refractivity contribution in [2.24, 2.45) is 0 Å². The third-order valence-electron chi connectivity index (χ3n) is 4.25. The lowest BCUT2D eigenvalue weighted by Gasteiger charge is -2.17. The third kappa shape index (κ3) is 3.42. The van der Waals surface area contributed by atoms with E-state index in [-0.39, 0.29) is 17.9 Å². The lowest BCUT2D eigenvalue weighted by atomic mass is 10.1. The summed E-state index contributed by atoms with van der Waals surface area (Å²) in [5.41, 5.74) is 3.05. The lowest BCUT2D eigenvalue weighted by Crippen LogP contribution is -2.26. The van der Waals surface area contributed by atoms with Crippen LogP contribution in [0.1, 0.15) is 34.5 Å². The average molecular weight is 340 g/mol. The van der Waals surface area contributed by atoms with Crippen LogP contribution >= 0.6 is 0 Å². The van der Waals surface area contributed by atoms with Crippen LogP contribution < -0.4 is 20.1 Å². The molecule has 1 aliphatic heterocycles. The number of hydrogen-bond donors (Lipinski definition) is 2. The molecule has 6 heteroatoms. The molecule has 0 saturated heterocycles. The van der Waals surface area contributed by atoms with E-state index in [2.05, 4.69) is 10.6 Å². The summed E-state index contributed by atoms with van der Waals surface area (Å²) < 4.78 is 10.5. The van der Waals surface area contributed by atoms with Crippen molar-refractivity contribution in [3.63, 3.8) is 0 Å². The first-order chi connectivity index (χ1) is 12.0. The van der Waals surface area contributed by atoms with Crippen LogP contribution in [0.15, 0.2) is 36.4 Å². The summed E-state index contributed by atoms with van der Waals surface area (Å²) in [6.07, 6.45) is 0.307. The minimum absolute atomic E-state index is 0.0498. The number of anilines is 1. The van der Waals surface area contributed by atoms with E-state index in [0.717, 1.165) is 16.8 Å². The van der Waals surface area contributed by atoms with Crippen LogP contribution in [0.25, 0.3) is 0 Å². The van der Waals surface area contributed by atoms with Crippen molar-refractivity contribution < 1.29 is 19.1 Å². The summed E-state index contributed by atoms with van der Waals surface area (Å²) in [5, 5.41) is 5.72. The minimum Gasteiger partial charge on any atom is -0.493 e. The summed E-state index contributed by atoms with van der Waals surface area (Å²) >= 11 is 0. The Morgan fingerprint density at radius 2 is 1.88 bits per heavy atom. The van der Waals surface area contributed by atoms with Crippen molar-refractivity contribution in [2.75, 3.05) is 19.5 Å². The average Bonchev–Trinajstić information content (AvgIpc) is 2.99. The zero-order valence-corrected chi connectivity index (χ0v) is 14.4. The van der Waals surface area contributed by atoms with E-state index in [1.54, 1.807) is 32.4 Å². The second kappa shape index (κ2) is 6.84. The van der Waals surface area contributed by atoms with Gasteiger partial charge >= 0.3 is 0 Å². The van der Waals surface area contributed by atoms with E-state index < -0.39 is 0 Å². The number of benzene rings is 2. The molecule has 2 aromatic carbocycles. The second-order valence-electron chi connectivity index (χ2n) is 5.91. The number of nitrogens with one attached hydrogen (secondary N) is 2. The fraction of sp³-hybridized carbons (Fsp3) is 0.263. The molecule has 6 nitrogen and oxygen atoms in total. The molecule has 0 fully saturated rings. The van der Waals surface area contributed by atoms with Gasteiger partial charge in [0.15, 0.2) is 11.5 Å². The van der Waals surface area contributed by atoms with Crippen LogP contribution in [0, 0.1) is 0 Å². The molecule has 1 aliphatic rings. The monoisotopic (exact) mass is 340 g/mol. The number of rotatable bonds is 5. The molecule has 1 heterocycles. The molecule has 0 radical (unpaired) electrons. The molecule has 3 rings (SSSR count). The van der Waals surface area contributed by atoms with E-state index >= 15 is 0 Å². The normalized spacial score (nSPS) is 13.6. The molecule has 130 valence electrons. The molecular formula is C19H20N2O4. The Kier molecular flexibility index (Phi) is 4.61. The van der Waals surface area contributed by atoms with Crippen molar-refractivity contribution in [3.05, 3.63) is 53.1 Å². The predicted molar refractivity (Wildman–Crippen MR) is 94.2 cm³/mol. The molecule has 0 saturated carbocycles. The van der Waals surface area contributed by atoms with Gasteiger partial charge in [0, 0.05) is 11.3 Å². The SMILES string of the molecule is COc1ccc(C(C)NC(=O)c2ccc3c(c2)CC(=O)N3)cc1OC. The number of ether oxygens (including phenoxy) is 2. The van der Waals surface area contributed by atoms with E-state index in [0.29, 0.717) is 23.5 Å². The number of carbonyl (C=O) groups excluding carboxylic acids is 2. The Balaban J connectivity index is 1.75. The smallest absolute Gasteiger partial charge is 0.251 e. The third-order valence-corrected chi connectivity index (χ3v) is 4.25. The Bertz CT molecular complexity index is 832. The summed E-state index contributed by atoms with van der Waals surface area (Å²) in [6, 6.07) is 10.6. The summed E-state index contributed by atoms with van der Waals surface area (Å²) in [6.45, 7) is 1.90. The topological polar surface area (TPSA) is 76.7 Å². The number of amides is 2. The van der Waals surface area contributed by atoms with Gasteiger partial charge < -0.3 is 20.1 Å². The van der Waals surface area contributed by atoms with E-state index in [4.69, 9.17) is 9.47 Å². The Labute approximate surface area is 146 Å². The van der Waals surface area contributed by atoms with Crippen LogP contribution in [0.5, 0.6) is 11.5 Å². The van der Waals surface area contributed by atoms with Gasteiger partial charge in [0.25, 0.3) is 5.91 Å². The molecule has 2 N–H and O–H groups in total. The molecule has 0 bridgehead atoms. The Hall–Kier alpha value is -3.02. The van der Waals surface area contributed by atoms with Gasteiger partial charge in [-0.05, 0) is 48.4 Å². The van der Waals surface area contributed by atoms with E-state index in [1.165, 1.54) is 0 Å². The van der Waals surface area contributed by atoms with Gasteiger partial charge in [0.1, 0.15) is 0 Å². The van der Waals surface area contributed by atoms with Crippen LogP contribution in [-0.4, -0.2) is 26.0 Å². The van der Waals surface area contributed by atoms with Gasteiger partial charge in [-0.15, -0.1) is 0 Å². The maximum atomic E-state index is 12.5. The van der Waals surface area contributed by atoms with Gasteiger partial charge in [-0.3, -0.25) is 9.59 Å². The zero-order valence-electron chi connectivity index (χ0n) is 14.4. The van der Waals surface area contributed by atoms with Gasteiger partial charge in [0.05, 0.1) is 26.7 Å². The Morgan fingerprint density at radius 3 is 2.60 bits per heavy atom. The number of methoxy groups -OCH3 is 2. The zero-order chi connectivity index (χ0) is 18.0.